The molecule has 1 aliphatic heterocycles. The Hall–Kier alpha value is -0.120. The molecule has 2 aliphatic rings. The highest BCUT2D eigenvalue weighted by molar-refractivity contribution is 5.11. The molecule has 0 radical (unpaired) electrons. The van der Waals surface area contributed by atoms with Gasteiger partial charge >= 0.3 is 0 Å². The first-order valence-electron chi connectivity index (χ1n) is 6.02. The Morgan fingerprint density at radius 2 is 2.27 bits per heavy atom. The molecule has 3 heteroatoms. The van der Waals surface area contributed by atoms with Crippen LogP contribution in [0.15, 0.2) is 0 Å². The van der Waals surface area contributed by atoms with Gasteiger partial charge in [-0.3, -0.25) is 0 Å². The van der Waals surface area contributed by atoms with Crippen LogP contribution in [0.1, 0.15) is 26.7 Å². The summed E-state index contributed by atoms with van der Waals surface area (Å²) in [6, 6.07) is 0.641. The first-order chi connectivity index (χ1) is 7.18. The van der Waals surface area contributed by atoms with Gasteiger partial charge in [0.05, 0.1) is 6.10 Å². The summed E-state index contributed by atoms with van der Waals surface area (Å²) < 4.78 is 10.8. The molecule has 0 aromatic carbocycles. The van der Waals surface area contributed by atoms with Crippen LogP contribution in [0.4, 0.5) is 0 Å². The lowest BCUT2D eigenvalue weighted by molar-refractivity contribution is -0.112. The van der Waals surface area contributed by atoms with Crippen molar-refractivity contribution in [1.82, 2.24) is 5.32 Å². The zero-order valence-electron chi connectivity index (χ0n) is 10.1. The van der Waals surface area contributed by atoms with Gasteiger partial charge in [0.2, 0.25) is 0 Å². The van der Waals surface area contributed by atoms with Crippen molar-refractivity contribution in [2.75, 3.05) is 26.9 Å². The molecule has 0 spiro atoms. The minimum atomic E-state index is 0.314. The molecule has 0 bridgehead atoms. The Kier molecular flexibility index (Phi) is 3.33. The van der Waals surface area contributed by atoms with Gasteiger partial charge in [0.1, 0.15) is 0 Å². The zero-order chi connectivity index (χ0) is 10.9. The number of ether oxygens (including phenoxy) is 2. The van der Waals surface area contributed by atoms with Crippen LogP contribution < -0.4 is 5.32 Å². The monoisotopic (exact) mass is 213 g/mol. The van der Waals surface area contributed by atoms with E-state index in [-0.39, 0.29) is 0 Å². The van der Waals surface area contributed by atoms with E-state index in [9.17, 15) is 0 Å². The second-order valence-corrected chi connectivity index (χ2v) is 5.34. The Labute approximate surface area is 92.5 Å². The van der Waals surface area contributed by atoms with E-state index >= 15 is 0 Å². The van der Waals surface area contributed by atoms with E-state index < -0.39 is 0 Å². The van der Waals surface area contributed by atoms with E-state index in [4.69, 9.17) is 9.47 Å². The lowest BCUT2D eigenvalue weighted by Gasteiger charge is -2.55. The molecule has 15 heavy (non-hydrogen) atoms. The van der Waals surface area contributed by atoms with Crippen molar-refractivity contribution in [1.29, 1.82) is 0 Å². The normalized spacial score (nSPS) is 37.4. The number of rotatable bonds is 5. The van der Waals surface area contributed by atoms with E-state index in [2.05, 4.69) is 19.2 Å². The van der Waals surface area contributed by atoms with Crippen LogP contribution in [0, 0.1) is 11.3 Å². The minimum Gasteiger partial charge on any atom is -0.385 e. The van der Waals surface area contributed by atoms with Crippen molar-refractivity contribution in [2.24, 2.45) is 11.3 Å². The smallest absolute Gasteiger partial charge is 0.0685 e. The predicted molar refractivity (Wildman–Crippen MR) is 59.9 cm³/mol. The summed E-state index contributed by atoms with van der Waals surface area (Å²) >= 11 is 0. The lowest BCUT2D eigenvalue weighted by atomic mass is 9.57. The second-order valence-electron chi connectivity index (χ2n) is 5.34. The molecule has 3 unspecified atom stereocenters. The number of hydrogen-bond donors (Lipinski definition) is 1. The maximum atomic E-state index is 5.76. The van der Waals surface area contributed by atoms with Crippen LogP contribution in [0.25, 0.3) is 0 Å². The largest absolute Gasteiger partial charge is 0.385 e. The summed E-state index contributed by atoms with van der Waals surface area (Å²) in [6.07, 6.45) is 2.83. The first kappa shape index (κ1) is 11.4. The second kappa shape index (κ2) is 4.40. The highest BCUT2D eigenvalue weighted by Gasteiger charge is 2.58. The van der Waals surface area contributed by atoms with Crippen LogP contribution in [0.2, 0.25) is 0 Å². The maximum Gasteiger partial charge on any atom is 0.0685 e. The van der Waals surface area contributed by atoms with Gasteiger partial charge in [-0.2, -0.15) is 0 Å². The van der Waals surface area contributed by atoms with Gasteiger partial charge in [0, 0.05) is 37.7 Å². The van der Waals surface area contributed by atoms with Gasteiger partial charge in [-0.25, -0.2) is 0 Å². The van der Waals surface area contributed by atoms with Crippen LogP contribution >= 0.6 is 0 Å². The average molecular weight is 213 g/mol. The molecule has 88 valence electrons. The fourth-order valence-electron chi connectivity index (χ4n) is 3.21. The topological polar surface area (TPSA) is 30.5 Å². The van der Waals surface area contributed by atoms with E-state index in [0.717, 1.165) is 32.1 Å². The van der Waals surface area contributed by atoms with Gasteiger partial charge in [0.15, 0.2) is 0 Å². The summed E-state index contributed by atoms with van der Waals surface area (Å²) in [6.45, 7) is 7.49. The molecule has 2 rings (SSSR count). The standard InChI is InChI=1S/C12H23NO2/c1-12(2)10(13-6-4-7-14-3)9-5-8-15-11(9)12/h9-11,13H,4-8H2,1-3H3. The maximum absolute atomic E-state index is 5.76. The van der Waals surface area contributed by atoms with E-state index in [1.54, 1.807) is 7.11 Å². The van der Waals surface area contributed by atoms with Gasteiger partial charge in [0.25, 0.3) is 0 Å². The van der Waals surface area contributed by atoms with E-state index in [1.165, 1.54) is 6.42 Å². The van der Waals surface area contributed by atoms with Gasteiger partial charge in [-0.1, -0.05) is 13.8 Å². The molecule has 1 heterocycles. The van der Waals surface area contributed by atoms with Crippen LogP contribution in [0.3, 0.4) is 0 Å². The molecule has 1 saturated heterocycles. The summed E-state index contributed by atoms with van der Waals surface area (Å²) in [7, 11) is 1.76. The lowest BCUT2D eigenvalue weighted by Crippen LogP contribution is -2.65. The summed E-state index contributed by atoms with van der Waals surface area (Å²) in [5, 5.41) is 3.66. The van der Waals surface area contributed by atoms with Crippen molar-refractivity contribution in [3.63, 3.8) is 0 Å². The summed E-state index contributed by atoms with van der Waals surface area (Å²) in [5.74, 6) is 0.752. The number of hydrogen-bond acceptors (Lipinski definition) is 3. The summed E-state index contributed by atoms with van der Waals surface area (Å²) in [5.41, 5.74) is 0.314. The fraction of sp³-hybridized carbons (Fsp3) is 1.00. The average Bonchev–Trinajstić information content (AvgIpc) is 2.64. The number of fused-ring (bicyclic) bond motifs is 1. The molecule has 3 atom stereocenters. The third-order valence-electron chi connectivity index (χ3n) is 3.99. The van der Waals surface area contributed by atoms with Crippen molar-refractivity contribution < 1.29 is 9.47 Å². The number of methoxy groups -OCH3 is 1. The van der Waals surface area contributed by atoms with Crippen LogP contribution in [-0.4, -0.2) is 39.0 Å². The molecule has 0 aromatic heterocycles. The molecule has 1 saturated carbocycles. The van der Waals surface area contributed by atoms with E-state index in [1.807, 2.05) is 0 Å². The van der Waals surface area contributed by atoms with Crippen molar-refractivity contribution in [3.8, 4) is 0 Å². The molecule has 0 amide bonds. The van der Waals surface area contributed by atoms with Gasteiger partial charge < -0.3 is 14.8 Å². The number of nitrogens with one attached hydrogen (secondary N) is 1. The molecule has 1 N–H and O–H groups in total. The van der Waals surface area contributed by atoms with Crippen LogP contribution in [0.5, 0.6) is 0 Å². The van der Waals surface area contributed by atoms with Crippen LogP contribution in [-0.2, 0) is 9.47 Å². The minimum absolute atomic E-state index is 0.314. The van der Waals surface area contributed by atoms with Crippen molar-refractivity contribution >= 4 is 0 Å². The SMILES string of the molecule is COCCCNC1C2CCOC2C1(C)C. The molecular weight excluding hydrogens is 190 g/mol. The predicted octanol–water partition coefficient (Wildman–Crippen LogP) is 1.43. The van der Waals surface area contributed by atoms with Gasteiger partial charge in [-0.05, 0) is 19.4 Å². The Morgan fingerprint density at radius 3 is 3.00 bits per heavy atom. The molecular formula is C12H23NO2. The summed E-state index contributed by atoms with van der Waals surface area (Å²) in [4.78, 5) is 0. The first-order valence-corrected chi connectivity index (χ1v) is 6.02. The van der Waals surface area contributed by atoms with Crippen molar-refractivity contribution in [2.45, 2.75) is 38.8 Å². The quantitative estimate of drug-likeness (QED) is 0.701. The molecule has 1 aliphatic carbocycles. The molecule has 2 fully saturated rings. The Balaban J connectivity index is 1.77. The fourth-order valence-corrected chi connectivity index (χ4v) is 3.21. The third-order valence-corrected chi connectivity index (χ3v) is 3.99. The highest BCUT2D eigenvalue weighted by Crippen LogP contribution is 2.51. The van der Waals surface area contributed by atoms with Gasteiger partial charge in [-0.15, -0.1) is 0 Å². The third kappa shape index (κ3) is 1.93. The van der Waals surface area contributed by atoms with E-state index in [0.29, 0.717) is 17.6 Å². The molecule has 3 nitrogen and oxygen atoms in total. The van der Waals surface area contributed by atoms with Crippen molar-refractivity contribution in [3.05, 3.63) is 0 Å². The Bertz CT molecular complexity index is 218. The Morgan fingerprint density at radius 1 is 1.47 bits per heavy atom. The molecule has 0 aromatic rings. The highest BCUT2D eigenvalue weighted by atomic mass is 16.5. The zero-order valence-corrected chi connectivity index (χ0v) is 10.1.